The van der Waals surface area contributed by atoms with Gasteiger partial charge in [-0.15, -0.1) is 10.2 Å². The molecule has 0 spiro atoms. The minimum atomic E-state index is 0.611. The molecule has 0 aromatic carbocycles. The van der Waals surface area contributed by atoms with E-state index in [9.17, 15) is 0 Å². The number of hydrogen-bond donors (Lipinski definition) is 1. The first-order valence-corrected chi connectivity index (χ1v) is 8.84. The monoisotopic (exact) mass is 349 g/mol. The molecule has 1 N–H and O–H groups in total. The van der Waals surface area contributed by atoms with E-state index in [0.717, 1.165) is 55.3 Å². The summed E-state index contributed by atoms with van der Waals surface area (Å²) in [4.78, 5) is 13.5. The number of guanidine groups is 1. The average molecular weight is 349 g/mol. The third-order valence-corrected chi connectivity index (χ3v) is 4.86. The lowest BCUT2D eigenvalue weighted by atomic mass is 10.3. The SMILES string of the molecule is CCc1nsc(N2CCN(C(=NC)NCc3nncn3C)CC2)n1. The van der Waals surface area contributed by atoms with Crippen molar-refractivity contribution in [2.24, 2.45) is 12.0 Å². The van der Waals surface area contributed by atoms with Crippen molar-refractivity contribution in [2.75, 3.05) is 38.1 Å². The van der Waals surface area contributed by atoms with E-state index in [1.54, 1.807) is 6.33 Å². The molecule has 0 bridgehead atoms. The van der Waals surface area contributed by atoms with Crippen LogP contribution < -0.4 is 10.2 Å². The zero-order valence-corrected chi connectivity index (χ0v) is 15.1. The van der Waals surface area contributed by atoms with Crippen molar-refractivity contribution in [3.05, 3.63) is 18.0 Å². The minimum absolute atomic E-state index is 0.611. The van der Waals surface area contributed by atoms with Crippen LogP contribution in [0.3, 0.4) is 0 Å². The van der Waals surface area contributed by atoms with Gasteiger partial charge in [-0.1, -0.05) is 6.92 Å². The molecule has 1 fully saturated rings. The summed E-state index contributed by atoms with van der Waals surface area (Å²) in [6.07, 6.45) is 2.58. The van der Waals surface area contributed by atoms with Crippen LogP contribution in [-0.2, 0) is 20.0 Å². The lowest BCUT2D eigenvalue weighted by molar-refractivity contribution is 0.371. The first kappa shape index (κ1) is 16.6. The average Bonchev–Trinajstić information content (AvgIpc) is 3.25. The molecule has 24 heavy (non-hydrogen) atoms. The van der Waals surface area contributed by atoms with Gasteiger partial charge in [0.1, 0.15) is 12.2 Å². The molecular formula is C14H23N9S. The molecule has 3 heterocycles. The lowest BCUT2D eigenvalue weighted by Crippen LogP contribution is -2.52. The van der Waals surface area contributed by atoms with Gasteiger partial charge in [-0.05, 0) is 0 Å². The highest BCUT2D eigenvalue weighted by Gasteiger charge is 2.22. The maximum atomic E-state index is 4.57. The molecule has 2 aromatic heterocycles. The third kappa shape index (κ3) is 3.64. The Morgan fingerprint density at radius 1 is 1.33 bits per heavy atom. The molecule has 0 unspecified atom stereocenters. The molecule has 130 valence electrons. The van der Waals surface area contributed by atoms with Crippen molar-refractivity contribution in [1.29, 1.82) is 0 Å². The predicted molar refractivity (Wildman–Crippen MR) is 94.3 cm³/mol. The third-order valence-electron chi connectivity index (χ3n) is 4.04. The summed E-state index contributed by atoms with van der Waals surface area (Å²) in [5.41, 5.74) is 0. The first-order valence-electron chi connectivity index (χ1n) is 8.07. The van der Waals surface area contributed by atoms with Crippen LogP contribution in [0.25, 0.3) is 0 Å². The highest BCUT2D eigenvalue weighted by atomic mass is 32.1. The van der Waals surface area contributed by atoms with E-state index in [4.69, 9.17) is 0 Å². The minimum Gasteiger partial charge on any atom is -0.349 e. The predicted octanol–water partition coefficient (Wildman–Crippen LogP) is 0.127. The van der Waals surface area contributed by atoms with Crippen molar-refractivity contribution >= 4 is 22.6 Å². The zero-order valence-electron chi connectivity index (χ0n) is 14.3. The second-order valence-electron chi connectivity index (χ2n) is 5.58. The maximum Gasteiger partial charge on any atom is 0.205 e. The number of anilines is 1. The van der Waals surface area contributed by atoms with Gasteiger partial charge in [-0.3, -0.25) is 4.99 Å². The fraction of sp³-hybridized carbons (Fsp3) is 0.643. The Labute approximate surface area is 145 Å². The molecule has 10 heteroatoms. The van der Waals surface area contributed by atoms with Crippen molar-refractivity contribution in [3.8, 4) is 0 Å². The highest BCUT2D eigenvalue weighted by Crippen LogP contribution is 2.19. The van der Waals surface area contributed by atoms with Crippen LogP contribution in [0.4, 0.5) is 5.13 Å². The molecule has 1 aliphatic heterocycles. The Bertz CT molecular complexity index is 684. The fourth-order valence-electron chi connectivity index (χ4n) is 2.58. The normalized spacial score (nSPS) is 15.9. The van der Waals surface area contributed by atoms with Gasteiger partial charge in [-0.25, -0.2) is 4.98 Å². The summed E-state index contributed by atoms with van der Waals surface area (Å²) in [6.45, 7) is 6.33. The van der Waals surface area contributed by atoms with Crippen LogP contribution in [0.5, 0.6) is 0 Å². The Kier molecular flexibility index (Phi) is 5.24. The lowest BCUT2D eigenvalue weighted by Gasteiger charge is -2.36. The van der Waals surface area contributed by atoms with Crippen LogP contribution in [0.2, 0.25) is 0 Å². The number of hydrogen-bond acceptors (Lipinski definition) is 7. The van der Waals surface area contributed by atoms with Crippen LogP contribution in [0.15, 0.2) is 11.3 Å². The van der Waals surface area contributed by atoms with Crippen molar-refractivity contribution in [1.82, 2.24) is 34.3 Å². The summed E-state index contributed by atoms with van der Waals surface area (Å²) in [5.74, 6) is 2.71. The van der Waals surface area contributed by atoms with Gasteiger partial charge in [0.25, 0.3) is 0 Å². The largest absolute Gasteiger partial charge is 0.349 e. The fourth-order valence-corrected chi connectivity index (χ4v) is 3.39. The van der Waals surface area contributed by atoms with Gasteiger partial charge in [0.15, 0.2) is 11.8 Å². The number of nitrogens with one attached hydrogen (secondary N) is 1. The van der Waals surface area contributed by atoms with Gasteiger partial charge in [0, 0.05) is 58.2 Å². The first-order chi connectivity index (χ1) is 11.7. The summed E-state index contributed by atoms with van der Waals surface area (Å²) >= 11 is 1.49. The summed E-state index contributed by atoms with van der Waals surface area (Å²) < 4.78 is 6.27. The van der Waals surface area contributed by atoms with Gasteiger partial charge in [0.2, 0.25) is 5.13 Å². The zero-order chi connectivity index (χ0) is 16.9. The van der Waals surface area contributed by atoms with Crippen LogP contribution in [0, 0.1) is 0 Å². The van der Waals surface area contributed by atoms with E-state index < -0.39 is 0 Å². The highest BCUT2D eigenvalue weighted by molar-refractivity contribution is 7.09. The van der Waals surface area contributed by atoms with E-state index in [1.165, 1.54) is 11.5 Å². The molecule has 0 aliphatic carbocycles. The second-order valence-corrected chi connectivity index (χ2v) is 6.31. The molecule has 0 saturated carbocycles. The Morgan fingerprint density at radius 3 is 2.71 bits per heavy atom. The molecule has 0 radical (unpaired) electrons. The number of rotatable bonds is 4. The van der Waals surface area contributed by atoms with Gasteiger partial charge >= 0.3 is 0 Å². The quantitative estimate of drug-likeness (QED) is 0.620. The summed E-state index contributed by atoms with van der Waals surface area (Å²) in [5, 5.41) is 12.4. The molecule has 3 rings (SSSR count). The maximum absolute atomic E-state index is 4.57. The number of aryl methyl sites for hydroxylation is 2. The van der Waals surface area contributed by atoms with Crippen molar-refractivity contribution in [2.45, 2.75) is 19.9 Å². The molecule has 2 aromatic rings. The van der Waals surface area contributed by atoms with E-state index >= 15 is 0 Å². The van der Waals surface area contributed by atoms with E-state index in [2.05, 4.69) is 46.6 Å². The van der Waals surface area contributed by atoms with Gasteiger partial charge < -0.3 is 19.7 Å². The topological polar surface area (TPSA) is 87.4 Å². The Hall–Kier alpha value is -2.23. The smallest absolute Gasteiger partial charge is 0.205 e. The molecule has 1 saturated heterocycles. The number of piperazine rings is 1. The molecule has 1 aliphatic rings. The van der Waals surface area contributed by atoms with Gasteiger partial charge in [-0.2, -0.15) is 4.37 Å². The number of aliphatic imine (C=N–C) groups is 1. The van der Waals surface area contributed by atoms with Crippen LogP contribution in [0.1, 0.15) is 18.6 Å². The molecular weight excluding hydrogens is 326 g/mol. The van der Waals surface area contributed by atoms with E-state index in [0.29, 0.717) is 6.54 Å². The molecule has 0 amide bonds. The second kappa shape index (κ2) is 7.56. The Morgan fingerprint density at radius 2 is 2.12 bits per heavy atom. The van der Waals surface area contributed by atoms with Crippen LogP contribution in [-0.4, -0.2) is 68.2 Å². The Balaban J connectivity index is 1.53. The van der Waals surface area contributed by atoms with E-state index in [1.807, 2.05) is 18.7 Å². The van der Waals surface area contributed by atoms with Crippen molar-refractivity contribution in [3.63, 3.8) is 0 Å². The standard InChI is InChI=1S/C14H23N9S/c1-4-11-18-14(24-20-11)23-7-5-22(6-8-23)13(15-2)16-9-12-19-17-10-21(12)3/h10H,4-9H2,1-3H3,(H,15,16). The molecule has 9 nitrogen and oxygen atoms in total. The summed E-state index contributed by atoms with van der Waals surface area (Å²) in [7, 11) is 3.74. The summed E-state index contributed by atoms with van der Waals surface area (Å²) in [6, 6.07) is 0. The van der Waals surface area contributed by atoms with E-state index in [-0.39, 0.29) is 0 Å². The number of aromatic nitrogens is 5. The number of nitrogens with zero attached hydrogens (tertiary/aromatic N) is 8. The van der Waals surface area contributed by atoms with Crippen molar-refractivity contribution < 1.29 is 0 Å². The molecule has 0 atom stereocenters. The van der Waals surface area contributed by atoms with Gasteiger partial charge in [0.05, 0.1) is 6.54 Å². The van der Waals surface area contributed by atoms with Crippen LogP contribution >= 0.6 is 11.5 Å².